The summed E-state index contributed by atoms with van der Waals surface area (Å²) in [7, 11) is 0. The van der Waals surface area contributed by atoms with E-state index in [0.717, 1.165) is 60.8 Å². The smallest absolute Gasteiger partial charge is 0.243 e. The Labute approximate surface area is 207 Å². The number of amides is 1. The summed E-state index contributed by atoms with van der Waals surface area (Å²) in [4.78, 5) is 30.7. The van der Waals surface area contributed by atoms with Crippen LogP contribution < -0.4 is 15.7 Å². The Hall–Kier alpha value is -3.49. The minimum atomic E-state index is -0.136. The molecule has 184 valence electrons. The number of aromatic nitrogens is 2. The van der Waals surface area contributed by atoms with E-state index in [4.69, 9.17) is 9.82 Å². The van der Waals surface area contributed by atoms with Gasteiger partial charge in [-0.25, -0.2) is 15.4 Å². The van der Waals surface area contributed by atoms with Gasteiger partial charge in [0.2, 0.25) is 11.9 Å². The number of nitrogens with one attached hydrogen (secondary N) is 2. The topological polar surface area (TPSA) is 82.6 Å². The molecule has 1 aliphatic heterocycles. The quantitative estimate of drug-likeness (QED) is 0.448. The normalized spacial score (nSPS) is 14.1. The molecule has 0 radical (unpaired) electrons. The van der Waals surface area contributed by atoms with Gasteiger partial charge in [0, 0.05) is 55.7 Å². The van der Waals surface area contributed by atoms with Gasteiger partial charge in [0.05, 0.1) is 12.3 Å². The highest BCUT2D eigenvalue weighted by atomic mass is 16.6. The van der Waals surface area contributed by atoms with Crippen molar-refractivity contribution in [1.29, 1.82) is 0 Å². The molecule has 4 rings (SSSR count). The Morgan fingerprint density at radius 1 is 1.00 bits per heavy atom. The highest BCUT2D eigenvalue weighted by Gasteiger charge is 2.15. The van der Waals surface area contributed by atoms with Gasteiger partial charge in [-0.3, -0.25) is 9.63 Å². The predicted octanol–water partition coefficient (Wildman–Crippen LogP) is 4.30. The Bertz CT molecular complexity index is 1110. The fraction of sp³-hybridized carbons (Fsp3) is 0.370. The maximum Gasteiger partial charge on any atom is 0.243 e. The van der Waals surface area contributed by atoms with Gasteiger partial charge in [0.25, 0.3) is 0 Å². The van der Waals surface area contributed by atoms with E-state index in [0.29, 0.717) is 19.0 Å². The summed E-state index contributed by atoms with van der Waals surface area (Å²) < 4.78 is 0. The number of carbonyl (C=O) groups excluding carboxylic acids is 1. The maximum absolute atomic E-state index is 11.3. The van der Waals surface area contributed by atoms with E-state index in [-0.39, 0.29) is 5.91 Å². The van der Waals surface area contributed by atoms with E-state index in [1.165, 1.54) is 5.69 Å². The van der Waals surface area contributed by atoms with Crippen molar-refractivity contribution in [3.8, 4) is 11.3 Å². The molecule has 1 amide bonds. The first-order valence-corrected chi connectivity index (χ1v) is 12.2. The number of nitrogens with zero attached hydrogens (tertiary/aromatic N) is 4. The summed E-state index contributed by atoms with van der Waals surface area (Å²) in [5.41, 5.74) is 8.45. The zero-order chi connectivity index (χ0) is 24.6. The van der Waals surface area contributed by atoms with Gasteiger partial charge in [0.1, 0.15) is 0 Å². The molecular weight excluding hydrogens is 440 g/mol. The Morgan fingerprint density at radius 2 is 1.71 bits per heavy atom. The zero-order valence-electron chi connectivity index (χ0n) is 20.8. The van der Waals surface area contributed by atoms with Gasteiger partial charge in [0.15, 0.2) is 0 Å². The van der Waals surface area contributed by atoms with E-state index >= 15 is 0 Å². The van der Waals surface area contributed by atoms with Gasteiger partial charge in [-0.2, -0.15) is 0 Å². The van der Waals surface area contributed by atoms with Crippen molar-refractivity contribution in [2.24, 2.45) is 0 Å². The number of piperazine rings is 1. The second-order valence-corrected chi connectivity index (χ2v) is 8.68. The molecule has 1 fully saturated rings. The van der Waals surface area contributed by atoms with Crippen molar-refractivity contribution in [2.45, 2.75) is 33.8 Å². The molecule has 0 saturated carbocycles. The van der Waals surface area contributed by atoms with Gasteiger partial charge in [-0.1, -0.05) is 38.1 Å². The summed E-state index contributed by atoms with van der Waals surface area (Å²) in [5.74, 6) is 0.423. The molecule has 1 saturated heterocycles. The van der Waals surface area contributed by atoms with Crippen molar-refractivity contribution in [3.63, 3.8) is 0 Å². The number of likely N-dealkylation sites (N-methyl/N-ethyl adjacent to an activating group) is 1. The number of hydrogen-bond donors (Lipinski definition) is 2. The second-order valence-electron chi connectivity index (χ2n) is 8.68. The summed E-state index contributed by atoms with van der Waals surface area (Å²) >= 11 is 0. The SMILES string of the molecule is CCC(=O)NOCc1ccc(-c2nc(Nc3ccc(N4CCN(CC)CC4)cc3)ncc2C)cc1. The summed E-state index contributed by atoms with van der Waals surface area (Å²) in [5, 5.41) is 3.33. The van der Waals surface area contributed by atoms with Crippen LogP contribution in [0, 0.1) is 6.92 Å². The number of carbonyl (C=O) groups is 1. The average molecular weight is 475 g/mol. The fourth-order valence-electron chi connectivity index (χ4n) is 4.03. The minimum absolute atomic E-state index is 0.136. The predicted molar refractivity (Wildman–Crippen MR) is 139 cm³/mol. The Morgan fingerprint density at radius 3 is 2.37 bits per heavy atom. The fourth-order valence-corrected chi connectivity index (χ4v) is 4.03. The first-order valence-electron chi connectivity index (χ1n) is 12.2. The van der Waals surface area contributed by atoms with Crippen LogP contribution in [0.15, 0.2) is 54.7 Å². The molecule has 8 nitrogen and oxygen atoms in total. The summed E-state index contributed by atoms with van der Waals surface area (Å²) in [6.45, 7) is 11.8. The molecule has 35 heavy (non-hydrogen) atoms. The highest BCUT2D eigenvalue weighted by Crippen LogP contribution is 2.25. The third kappa shape index (κ3) is 6.55. The van der Waals surface area contributed by atoms with Crippen LogP contribution in [-0.4, -0.2) is 53.5 Å². The van der Waals surface area contributed by atoms with Gasteiger partial charge in [-0.05, 0) is 48.9 Å². The minimum Gasteiger partial charge on any atom is -0.369 e. The van der Waals surface area contributed by atoms with Crippen molar-refractivity contribution < 1.29 is 9.63 Å². The third-order valence-corrected chi connectivity index (χ3v) is 6.25. The number of benzene rings is 2. The van der Waals surface area contributed by atoms with Gasteiger partial charge >= 0.3 is 0 Å². The lowest BCUT2D eigenvalue weighted by Gasteiger charge is -2.35. The molecule has 0 bridgehead atoms. The van der Waals surface area contributed by atoms with Crippen molar-refractivity contribution in [2.75, 3.05) is 42.9 Å². The second kappa shape index (κ2) is 11.8. The number of hydroxylamine groups is 1. The molecule has 8 heteroatoms. The van der Waals surface area contributed by atoms with E-state index in [9.17, 15) is 4.79 Å². The van der Waals surface area contributed by atoms with Crippen LogP contribution in [0.3, 0.4) is 0 Å². The number of rotatable bonds is 9. The standard InChI is InChI=1S/C27H34N6O2/c1-4-25(34)31-35-19-21-6-8-22(9-7-21)26-20(3)18-28-27(30-26)29-23-10-12-24(13-11-23)33-16-14-32(5-2)15-17-33/h6-13,18H,4-5,14-17,19H2,1-3H3,(H,31,34)(H,28,29,30). The Balaban J connectivity index is 1.39. The molecule has 3 aromatic rings. The van der Waals surface area contributed by atoms with Crippen LogP contribution in [0.4, 0.5) is 17.3 Å². The van der Waals surface area contributed by atoms with Crippen LogP contribution >= 0.6 is 0 Å². The highest BCUT2D eigenvalue weighted by molar-refractivity contribution is 5.74. The van der Waals surface area contributed by atoms with Crippen molar-refractivity contribution in [1.82, 2.24) is 20.3 Å². The first kappa shape index (κ1) is 24.6. The summed E-state index contributed by atoms with van der Waals surface area (Å²) in [6, 6.07) is 16.4. The molecule has 0 spiro atoms. The lowest BCUT2D eigenvalue weighted by molar-refractivity contribution is -0.134. The maximum atomic E-state index is 11.3. The lowest BCUT2D eigenvalue weighted by atomic mass is 10.1. The first-order chi connectivity index (χ1) is 17.1. The third-order valence-electron chi connectivity index (χ3n) is 6.25. The number of aryl methyl sites for hydroxylation is 1. The van der Waals surface area contributed by atoms with Crippen molar-refractivity contribution >= 4 is 23.2 Å². The molecule has 0 unspecified atom stereocenters. The Kier molecular flexibility index (Phi) is 8.28. The lowest BCUT2D eigenvalue weighted by Crippen LogP contribution is -2.46. The molecule has 1 aliphatic rings. The van der Waals surface area contributed by atoms with E-state index in [1.807, 2.05) is 37.4 Å². The number of anilines is 3. The van der Waals surface area contributed by atoms with Crippen LogP contribution in [-0.2, 0) is 16.2 Å². The largest absolute Gasteiger partial charge is 0.369 e. The van der Waals surface area contributed by atoms with Crippen LogP contribution in [0.5, 0.6) is 0 Å². The molecule has 0 aliphatic carbocycles. The number of hydrogen-bond acceptors (Lipinski definition) is 7. The van der Waals surface area contributed by atoms with E-state index < -0.39 is 0 Å². The molecule has 2 heterocycles. The average Bonchev–Trinajstić information content (AvgIpc) is 2.90. The van der Waals surface area contributed by atoms with E-state index in [2.05, 4.69) is 56.8 Å². The van der Waals surface area contributed by atoms with E-state index in [1.54, 1.807) is 6.92 Å². The molecule has 1 aromatic heterocycles. The molecule has 2 N–H and O–H groups in total. The van der Waals surface area contributed by atoms with Crippen LogP contribution in [0.1, 0.15) is 31.4 Å². The summed E-state index contributed by atoms with van der Waals surface area (Å²) in [6.07, 6.45) is 2.23. The monoisotopic (exact) mass is 474 g/mol. The van der Waals surface area contributed by atoms with Crippen molar-refractivity contribution in [3.05, 3.63) is 65.9 Å². The molecule has 2 aromatic carbocycles. The van der Waals surface area contributed by atoms with Crippen LogP contribution in [0.25, 0.3) is 11.3 Å². The van der Waals surface area contributed by atoms with Gasteiger partial charge < -0.3 is 15.1 Å². The van der Waals surface area contributed by atoms with Gasteiger partial charge in [-0.15, -0.1) is 0 Å². The molecule has 0 atom stereocenters. The van der Waals surface area contributed by atoms with Crippen LogP contribution in [0.2, 0.25) is 0 Å². The zero-order valence-corrected chi connectivity index (χ0v) is 20.8. The molecular formula is C27H34N6O2.